The summed E-state index contributed by atoms with van der Waals surface area (Å²) in [7, 11) is 2.20. The van der Waals surface area contributed by atoms with Gasteiger partial charge in [0.2, 0.25) is 0 Å². The lowest BCUT2D eigenvalue weighted by molar-refractivity contribution is -0.119. The molecule has 1 aromatic carbocycles. The number of aromatic nitrogens is 1. The summed E-state index contributed by atoms with van der Waals surface area (Å²) in [6.45, 7) is 7.15. The Balaban J connectivity index is 2.02. The van der Waals surface area contributed by atoms with Crippen molar-refractivity contribution in [3.63, 3.8) is 0 Å². The third kappa shape index (κ3) is 2.56. The van der Waals surface area contributed by atoms with Gasteiger partial charge in [-0.2, -0.15) is 0 Å². The summed E-state index contributed by atoms with van der Waals surface area (Å²) >= 11 is 0. The summed E-state index contributed by atoms with van der Waals surface area (Å²) in [6, 6.07) is 8.11. The van der Waals surface area contributed by atoms with Crippen molar-refractivity contribution >= 4 is 28.8 Å². The Hall–Kier alpha value is -2.40. The van der Waals surface area contributed by atoms with Crippen molar-refractivity contribution < 1.29 is 9.59 Å². The minimum Gasteiger partial charge on any atom is -0.342 e. The normalized spacial score (nSPS) is 21.7. The van der Waals surface area contributed by atoms with E-state index in [2.05, 4.69) is 60.0 Å². The van der Waals surface area contributed by atoms with Crippen LogP contribution in [0.3, 0.4) is 0 Å². The quantitative estimate of drug-likeness (QED) is 0.809. The molecule has 5 nitrogen and oxygen atoms in total. The SMILES string of the molecule is CCC1(CC)C=C(C(=O)NC(C)C=O)n2c3c(c4ccccc42)CCN(C)[C@H]31. The first-order valence-electron chi connectivity index (χ1n) is 10.3. The van der Waals surface area contributed by atoms with E-state index in [4.69, 9.17) is 0 Å². The van der Waals surface area contributed by atoms with Crippen molar-refractivity contribution in [2.45, 2.75) is 52.1 Å². The molecular formula is C23H29N3O2. The van der Waals surface area contributed by atoms with Gasteiger partial charge in [0.15, 0.2) is 0 Å². The topological polar surface area (TPSA) is 54.3 Å². The fourth-order valence-electron chi connectivity index (χ4n) is 5.21. The average Bonchev–Trinajstić information content (AvgIpc) is 3.05. The molecule has 148 valence electrons. The molecule has 4 rings (SSSR count). The van der Waals surface area contributed by atoms with E-state index < -0.39 is 6.04 Å². The van der Waals surface area contributed by atoms with Crippen molar-refractivity contribution in [1.29, 1.82) is 0 Å². The van der Waals surface area contributed by atoms with E-state index in [1.165, 1.54) is 16.6 Å². The number of hydrogen-bond donors (Lipinski definition) is 1. The molecule has 2 atom stereocenters. The Morgan fingerprint density at radius 1 is 1.32 bits per heavy atom. The lowest BCUT2D eigenvalue weighted by Gasteiger charge is -2.48. The predicted molar refractivity (Wildman–Crippen MR) is 112 cm³/mol. The van der Waals surface area contributed by atoms with Gasteiger partial charge in [0.1, 0.15) is 12.0 Å². The minimum absolute atomic E-state index is 0.106. The van der Waals surface area contributed by atoms with Gasteiger partial charge in [-0.25, -0.2) is 0 Å². The molecule has 3 heterocycles. The van der Waals surface area contributed by atoms with Gasteiger partial charge >= 0.3 is 0 Å². The van der Waals surface area contributed by atoms with Crippen LogP contribution in [0.5, 0.6) is 0 Å². The van der Waals surface area contributed by atoms with Gasteiger partial charge in [-0.1, -0.05) is 32.0 Å². The molecule has 2 aliphatic heterocycles. The van der Waals surface area contributed by atoms with Gasteiger partial charge in [-0.3, -0.25) is 9.69 Å². The Labute approximate surface area is 166 Å². The molecule has 0 bridgehead atoms. The standard InChI is InChI=1S/C23H29N3O2/c1-5-23(6-2)13-19(22(28)24-15(3)14-27)26-18-10-8-7-9-16(18)17-11-12-25(4)21(23)20(17)26/h7-10,13-15,21H,5-6,11-12H2,1-4H3,(H,24,28)/t15?,21-/m1/s1. The summed E-state index contributed by atoms with van der Waals surface area (Å²) in [5.74, 6) is -0.180. The number of rotatable bonds is 5. The molecule has 1 amide bonds. The van der Waals surface area contributed by atoms with Crippen LogP contribution in [0.1, 0.15) is 50.9 Å². The Bertz CT molecular complexity index is 968. The van der Waals surface area contributed by atoms with Gasteiger partial charge in [0, 0.05) is 23.0 Å². The van der Waals surface area contributed by atoms with Crippen LogP contribution in [0.4, 0.5) is 0 Å². The zero-order valence-corrected chi connectivity index (χ0v) is 17.2. The lowest BCUT2D eigenvalue weighted by Crippen LogP contribution is -2.47. The molecule has 1 aromatic heterocycles. The first kappa shape index (κ1) is 18.9. The first-order chi connectivity index (χ1) is 13.5. The molecule has 5 heteroatoms. The number of amides is 1. The second-order valence-corrected chi connectivity index (χ2v) is 8.22. The van der Waals surface area contributed by atoms with E-state index in [0.29, 0.717) is 5.70 Å². The maximum atomic E-state index is 13.2. The van der Waals surface area contributed by atoms with E-state index in [0.717, 1.165) is 37.6 Å². The zero-order chi connectivity index (χ0) is 20.1. The maximum Gasteiger partial charge on any atom is 0.268 e. The molecule has 2 aliphatic rings. The molecule has 0 aliphatic carbocycles. The molecule has 0 saturated heterocycles. The number of carbonyl (C=O) groups is 2. The second-order valence-electron chi connectivity index (χ2n) is 8.22. The molecule has 1 N–H and O–H groups in total. The van der Waals surface area contributed by atoms with E-state index in [9.17, 15) is 9.59 Å². The smallest absolute Gasteiger partial charge is 0.268 e. The Morgan fingerprint density at radius 2 is 2.04 bits per heavy atom. The lowest BCUT2D eigenvalue weighted by atomic mass is 9.69. The number of nitrogens with one attached hydrogen (secondary N) is 1. The van der Waals surface area contributed by atoms with E-state index >= 15 is 0 Å². The van der Waals surface area contributed by atoms with Crippen LogP contribution in [0.2, 0.25) is 0 Å². The number of benzene rings is 1. The fraction of sp³-hybridized carbons (Fsp3) is 0.478. The number of para-hydroxylation sites is 1. The highest BCUT2D eigenvalue weighted by molar-refractivity contribution is 6.17. The Morgan fingerprint density at radius 3 is 2.71 bits per heavy atom. The summed E-state index contributed by atoms with van der Waals surface area (Å²) < 4.78 is 2.15. The second kappa shape index (κ2) is 6.89. The van der Waals surface area contributed by atoms with Crippen molar-refractivity contribution in [2.24, 2.45) is 5.41 Å². The number of nitrogens with zero attached hydrogens (tertiary/aromatic N) is 2. The molecule has 28 heavy (non-hydrogen) atoms. The van der Waals surface area contributed by atoms with Crippen molar-refractivity contribution in [3.05, 3.63) is 41.6 Å². The third-order valence-corrected chi connectivity index (χ3v) is 6.76. The molecule has 2 aromatic rings. The monoisotopic (exact) mass is 379 g/mol. The van der Waals surface area contributed by atoms with Crippen LogP contribution in [-0.4, -0.2) is 41.3 Å². The molecule has 0 radical (unpaired) electrons. The van der Waals surface area contributed by atoms with Gasteiger partial charge < -0.3 is 14.7 Å². The molecular weight excluding hydrogens is 350 g/mol. The maximum absolute atomic E-state index is 13.2. The highest BCUT2D eigenvalue weighted by Gasteiger charge is 2.47. The average molecular weight is 380 g/mol. The van der Waals surface area contributed by atoms with Crippen LogP contribution in [0.25, 0.3) is 16.6 Å². The summed E-state index contributed by atoms with van der Waals surface area (Å²) in [5.41, 5.74) is 4.25. The number of aldehydes is 1. The molecule has 0 fully saturated rings. The number of likely N-dealkylation sites (N-methyl/N-ethyl adjacent to an activating group) is 1. The molecule has 1 unspecified atom stereocenters. The number of carbonyl (C=O) groups excluding carboxylic acids is 2. The molecule has 0 spiro atoms. The van der Waals surface area contributed by atoms with Crippen LogP contribution in [-0.2, 0) is 16.0 Å². The number of fused-ring (bicyclic) bond motifs is 3. The zero-order valence-electron chi connectivity index (χ0n) is 17.2. The van der Waals surface area contributed by atoms with Gasteiger partial charge in [-0.05, 0) is 50.9 Å². The number of hydrogen-bond acceptors (Lipinski definition) is 3. The Kier molecular flexibility index (Phi) is 4.66. The molecule has 0 saturated carbocycles. The van der Waals surface area contributed by atoms with Crippen LogP contribution in [0.15, 0.2) is 30.3 Å². The van der Waals surface area contributed by atoms with E-state index in [1.807, 2.05) is 6.07 Å². The van der Waals surface area contributed by atoms with Crippen molar-refractivity contribution in [3.8, 4) is 0 Å². The van der Waals surface area contributed by atoms with Gasteiger partial charge in [0.25, 0.3) is 5.91 Å². The van der Waals surface area contributed by atoms with Gasteiger partial charge in [0.05, 0.1) is 17.6 Å². The first-order valence-corrected chi connectivity index (χ1v) is 10.3. The summed E-state index contributed by atoms with van der Waals surface area (Å²) in [6.07, 6.45) is 5.85. The highest BCUT2D eigenvalue weighted by Crippen LogP contribution is 2.54. The fourth-order valence-corrected chi connectivity index (χ4v) is 5.21. The minimum atomic E-state index is -0.510. The summed E-state index contributed by atoms with van der Waals surface area (Å²) in [4.78, 5) is 26.8. The van der Waals surface area contributed by atoms with E-state index in [-0.39, 0.29) is 17.4 Å². The largest absolute Gasteiger partial charge is 0.342 e. The van der Waals surface area contributed by atoms with E-state index in [1.54, 1.807) is 6.92 Å². The summed E-state index contributed by atoms with van der Waals surface area (Å²) in [5, 5.41) is 4.09. The van der Waals surface area contributed by atoms with Crippen LogP contribution >= 0.6 is 0 Å². The van der Waals surface area contributed by atoms with Gasteiger partial charge in [-0.15, -0.1) is 0 Å². The third-order valence-electron chi connectivity index (χ3n) is 6.76. The highest BCUT2D eigenvalue weighted by atomic mass is 16.2. The predicted octanol–water partition coefficient (Wildman–Crippen LogP) is 3.53. The van der Waals surface area contributed by atoms with Crippen molar-refractivity contribution in [1.82, 2.24) is 14.8 Å². The van der Waals surface area contributed by atoms with Crippen molar-refractivity contribution in [2.75, 3.05) is 13.6 Å². The van der Waals surface area contributed by atoms with Crippen LogP contribution in [0, 0.1) is 5.41 Å². The van der Waals surface area contributed by atoms with Crippen LogP contribution < -0.4 is 5.32 Å².